The molecule has 0 rings (SSSR count). The Kier molecular flexibility index (Phi) is 6.11. The minimum absolute atomic E-state index is 0.114. The van der Waals surface area contributed by atoms with E-state index >= 15 is 0 Å². The van der Waals surface area contributed by atoms with E-state index in [1.807, 2.05) is 6.92 Å². The number of rotatable bonds is 5. The molecule has 0 aromatic carbocycles. The molecule has 0 N–H and O–H groups in total. The minimum Gasteiger partial charge on any atom is -0.464 e. The van der Waals surface area contributed by atoms with E-state index in [0.29, 0.717) is 13.0 Å². The second kappa shape index (κ2) is 6.26. The fraction of sp³-hybridized carbons (Fsp3) is 0.875. The van der Waals surface area contributed by atoms with Crippen LogP contribution in [0.2, 0.25) is 0 Å². The summed E-state index contributed by atoms with van der Waals surface area (Å²) >= 11 is 5.47. The summed E-state index contributed by atoms with van der Waals surface area (Å²) in [5, 5.41) is -0.567. The van der Waals surface area contributed by atoms with E-state index in [-0.39, 0.29) is 12.1 Å². The molecule has 0 bridgehead atoms. The zero-order chi connectivity index (χ0) is 9.56. The van der Waals surface area contributed by atoms with Crippen molar-refractivity contribution >= 4 is 17.6 Å². The first-order valence-corrected chi connectivity index (χ1v) is 4.35. The molecular weight excluding hydrogens is 180 g/mol. The zero-order valence-corrected chi connectivity index (χ0v) is 8.43. The van der Waals surface area contributed by atoms with Gasteiger partial charge in [-0.15, -0.1) is 11.6 Å². The first-order chi connectivity index (χ1) is 5.57. The van der Waals surface area contributed by atoms with Crippen LogP contribution in [0.4, 0.5) is 0 Å². The van der Waals surface area contributed by atoms with Gasteiger partial charge in [-0.2, -0.15) is 0 Å². The summed E-state index contributed by atoms with van der Waals surface area (Å²) in [4.78, 5) is 10.8. The van der Waals surface area contributed by atoms with Crippen molar-refractivity contribution in [2.75, 3.05) is 13.7 Å². The molecule has 4 heteroatoms. The van der Waals surface area contributed by atoms with Gasteiger partial charge in [-0.3, -0.25) is 4.79 Å². The third-order valence-electron chi connectivity index (χ3n) is 1.50. The quantitative estimate of drug-likeness (QED) is 0.493. The van der Waals surface area contributed by atoms with E-state index in [0.717, 1.165) is 0 Å². The van der Waals surface area contributed by atoms with Gasteiger partial charge >= 0.3 is 5.97 Å². The molecule has 0 spiro atoms. The number of methoxy groups -OCH3 is 1. The lowest BCUT2D eigenvalue weighted by Gasteiger charge is -2.09. The predicted molar refractivity (Wildman–Crippen MR) is 47.4 cm³/mol. The van der Waals surface area contributed by atoms with Crippen molar-refractivity contribution in [3.05, 3.63) is 0 Å². The highest BCUT2D eigenvalue weighted by molar-refractivity contribution is 6.29. The monoisotopic (exact) mass is 194 g/mol. The van der Waals surface area contributed by atoms with Crippen molar-refractivity contribution in [3.63, 3.8) is 0 Å². The Morgan fingerprint density at radius 1 is 1.50 bits per heavy atom. The first kappa shape index (κ1) is 11.7. The van der Waals surface area contributed by atoms with Crippen LogP contribution in [0.3, 0.4) is 0 Å². The summed E-state index contributed by atoms with van der Waals surface area (Å²) in [6, 6.07) is 0. The lowest BCUT2D eigenvalue weighted by Crippen LogP contribution is -2.17. The number of hydrogen-bond donors (Lipinski definition) is 0. The van der Waals surface area contributed by atoms with Crippen LogP contribution < -0.4 is 0 Å². The molecule has 0 aromatic rings. The van der Waals surface area contributed by atoms with Gasteiger partial charge in [0.15, 0.2) is 0 Å². The molecule has 2 atom stereocenters. The van der Waals surface area contributed by atoms with Crippen molar-refractivity contribution < 1.29 is 14.3 Å². The van der Waals surface area contributed by atoms with Crippen LogP contribution in [0.15, 0.2) is 0 Å². The average Bonchev–Trinajstić information content (AvgIpc) is 2.03. The number of esters is 1. The van der Waals surface area contributed by atoms with E-state index in [4.69, 9.17) is 21.1 Å². The summed E-state index contributed by atoms with van der Waals surface area (Å²) in [7, 11) is 1.62. The minimum atomic E-state index is -0.567. The molecule has 12 heavy (non-hydrogen) atoms. The molecule has 0 aromatic heterocycles. The van der Waals surface area contributed by atoms with Crippen LogP contribution in [0.5, 0.6) is 0 Å². The smallest absolute Gasteiger partial charge is 0.323 e. The molecule has 0 amide bonds. The summed E-state index contributed by atoms with van der Waals surface area (Å²) in [6.45, 7) is 3.87. The average molecular weight is 195 g/mol. The van der Waals surface area contributed by atoms with Gasteiger partial charge < -0.3 is 9.47 Å². The Morgan fingerprint density at radius 2 is 2.08 bits per heavy atom. The molecule has 0 radical (unpaired) electrons. The normalized spacial score (nSPS) is 15.3. The SMILES string of the molecule is CO[C@@H](C)CCOC(=O)[C@H](C)Cl. The summed E-state index contributed by atoms with van der Waals surface area (Å²) in [6.07, 6.45) is 0.815. The fourth-order valence-electron chi connectivity index (χ4n) is 0.558. The Balaban J connectivity index is 3.37. The van der Waals surface area contributed by atoms with Gasteiger partial charge in [-0.25, -0.2) is 0 Å². The zero-order valence-electron chi connectivity index (χ0n) is 7.67. The van der Waals surface area contributed by atoms with Gasteiger partial charge in [0.2, 0.25) is 0 Å². The lowest BCUT2D eigenvalue weighted by atomic mass is 10.3. The topological polar surface area (TPSA) is 35.5 Å². The van der Waals surface area contributed by atoms with Crippen LogP contribution in [0.25, 0.3) is 0 Å². The van der Waals surface area contributed by atoms with E-state index in [2.05, 4.69) is 0 Å². The largest absolute Gasteiger partial charge is 0.464 e. The number of hydrogen-bond acceptors (Lipinski definition) is 3. The third-order valence-corrected chi connectivity index (χ3v) is 1.67. The Morgan fingerprint density at radius 3 is 2.50 bits per heavy atom. The van der Waals surface area contributed by atoms with Crippen molar-refractivity contribution in [2.24, 2.45) is 0 Å². The highest BCUT2D eigenvalue weighted by Crippen LogP contribution is 2.00. The maximum Gasteiger partial charge on any atom is 0.323 e. The van der Waals surface area contributed by atoms with E-state index in [9.17, 15) is 4.79 Å². The second-order valence-electron chi connectivity index (χ2n) is 2.62. The molecule has 0 unspecified atom stereocenters. The molecule has 3 nitrogen and oxygen atoms in total. The highest BCUT2D eigenvalue weighted by Gasteiger charge is 2.10. The Bertz CT molecular complexity index is 136. The van der Waals surface area contributed by atoms with Gasteiger partial charge in [0.1, 0.15) is 5.38 Å². The van der Waals surface area contributed by atoms with E-state index in [1.165, 1.54) is 0 Å². The summed E-state index contributed by atoms with van der Waals surface area (Å²) in [5.41, 5.74) is 0. The summed E-state index contributed by atoms with van der Waals surface area (Å²) in [5.74, 6) is -0.375. The van der Waals surface area contributed by atoms with Gasteiger partial charge in [-0.1, -0.05) is 0 Å². The van der Waals surface area contributed by atoms with Crippen molar-refractivity contribution in [2.45, 2.75) is 31.7 Å². The van der Waals surface area contributed by atoms with Crippen LogP contribution in [0, 0.1) is 0 Å². The van der Waals surface area contributed by atoms with Crippen molar-refractivity contribution in [3.8, 4) is 0 Å². The number of halogens is 1. The van der Waals surface area contributed by atoms with Crippen molar-refractivity contribution in [1.29, 1.82) is 0 Å². The fourth-order valence-corrected chi connectivity index (χ4v) is 0.621. The van der Waals surface area contributed by atoms with Gasteiger partial charge in [0.25, 0.3) is 0 Å². The molecule has 0 aliphatic heterocycles. The van der Waals surface area contributed by atoms with E-state index < -0.39 is 5.38 Å². The number of alkyl halides is 1. The second-order valence-corrected chi connectivity index (χ2v) is 3.27. The number of carbonyl (C=O) groups excluding carboxylic acids is 1. The molecule has 0 saturated heterocycles. The van der Waals surface area contributed by atoms with Crippen LogP contribution in [0.1, 0.15) is 20.3 Å². The predicted octanol–water partition coefficient (Wildman–Crippen LogP) is 1.58. The molecule has 0 aliphatic carbocycles. The van der Waals surface area contributed by atoms with Crippen LogP contribution in [-0.2, 0) is 14.3 Å². The molecule has 0 fully saturated rings. The molecule has 72 valence electrons. The van der Waals surface area contributed by atoms with Gasteiger partial charge in [0, 0.05) is 13.5 Å². The highest BCUT2D eigenvalue weighted by atomic mass is 35.5. The summed E-state index contributed by atoms with van der Waals surface area (Å²) < 4.78 is 9.79. The molecule has 0 aliphatic rings. The molecular formula is C8H15ClO3. The Labute approximate surface area is 78.0 Å². The maximum absolute atomic E-state index is 10.8. The molecule has 0 heterocycles. The maximum atomic E-state index is 10.8. The van der Waals surface area contributed by atoms with Gasteiger partial charge in [0.05, 0.1) is 12.7 Å². The van der Waals surface area contributed by atoms with Crippen molar-refractivity contribution in [1.82, 2.24) is 0 Å². The van der Waals surface area contributed by atoms with Gasteiger partial charge in [-0.05, 0) is 13.8 Å². The van der Waals surface area contributed by atoms with Crippen LogP contribution >= 0.6 is 11.6 Å². The molecule has 0 saturated carbocycles. The van der Waals surface area contributed by atoms with E-state index in [1.54, 1.807) is 14.0 Å². The standard InChI is InChI=1S/C8H15ClO3/c1-6(11-3)4-5-12-8(10)7(2)9/h6-7H,4-5H2,1-3H3/t6-,7-/m0/s1. The lowest BCUT2D eigenvalue weighted by molar-refractivity contribution is -0.143. The van der Waals surface area contributed by atoms with Crippen LogP contribution in [-0.4, -0.2) is 31.2 Å². The Hall–Kier alpha value is -0.280. The number of carbonyl (C=O) groups is 1. The number of ether oxygens (including phenoxy) is 2. The third kappa shape index (κ3) is 5.38. The first-order valence-electron chi connectivity index (χ1n) is 3.91.